The van der Waals surface area contributed by atoms with Crippen molar-refractivity contribution in [2.24, 2.45) is 5.73 Å². The minimum absolute atomic E-state index is 0.287. The summed E-state index contributed by atoms with van der Waals surface area (Å²) in [6.07, 6.45) is 0. The summed E-state index contributed by atoms with van der Waals surface area (Å²) in [6, 6.07) is 15.9. The van der Waals surface area contributed by atoms with Crippen molar-refractivity contribution in [3.63, 3.8) is 0 Å². The number of benzene rings is 2. The fourth-order valence-electron chi connectivity index (χ4n) is 2.31. The minimum Gasteiger partial charge on any atom is -0.329 e. The van der Waals surface area contributed by atoms with Gasteiger partial charge in [0.2, 0.25) is 0 Å². The number of likely N-dealkylation sites (N-methyl/N-ethyl adjacent to an activating group) is 1. The van der Waals surface area contributed by atoms with Crippen LogP contribution < -0.4 is 5.73 Å². The Hall–Kier alpha value is -1.38. The van der Waals surface area contributed by atoms with Gasteiger partial charge in [-0.3, -0.25) is 4.90 Å². The molecule has 0 saturated carbocycles. The average Bonchev–Trinajstić information content (AvgIpc) is 2.39. The van der Waals surface area contributed by atoms with E-state index in [0.717, 1.165) is 0 Å². The summed E-state index contributed by atoms with van der Waals surface area (Å²) in [5.74, 6) is 0. The highest BCUT2D eigenvalue weighted by Crippen LogP contribution is 2.24. The SMILES string of the molecule is CC(C)N(C)C(CN)c1ccc2ccccc2c1. The molecular weight excluding hydrogens is 220 g/mol. The van der Waals surface area contributed by atoms with Gasteiger partial charge in [-0.2, -0.15) is 0 Å². The first kappa shape index (κ1) is 13.1. The van der Waals surface area contributed by atoms with Crippen LogP contribution in [0.25, 0.3) is 10.8 Å². The smallest absolute Gasteiger partial charge is 0.0470 e. The Labute approximate surface area is 109 Å². The molecule has 96 valence electrons. The van der Waals surface area contributed by atoms with Crippen LogP contribution in [0.15, 0.2) is 42.5 Å². The molecule has 0 fully saturated rings. The lowest BCUT2D eigenvalue weighted by molar-refractivity contribution is 0.201. The third kappa shape index (κ3) is 2.55. The molecule has 1 unspecified atom stereocenters. The molecular formula is C16H22N2. The summed E-state index contributed by atoms with van der Waals surface area (Å²) in [4.78, 5) is 2.32. The normalized spacial score (nSPS) is 13.4. The Morgan fingerprint density at radius 3 is 2.33 bits per heavy atom. The molecule has 1 atom stereocenters. The van der Waals surface area contributed by atoms with E-state index in [2.05, 4.69) is 68.3 Å². The van der Waals surface area contributed by atoms with Gasteiger partial charge < -0.3 is 5.73 Å². The van der Waals surface area contributed by atoms with Crippen LogP contribution in [-0.2, 0) is 0 Å². The van der Waals surface area contributed by atoms with Crippen LogP contribution in [0.2, 0.25) is 0 Å². The Bertz CT molecular complexity index is 519. The molecule has 2 heteroatoms. The maximum absolute atomic E-state index is 5.95. The van der Waals surface area contributed by atoms with Crippen molar-refractivity contribution >= 4 is 10.8 Å². The molecule has 0 aliphatic carbocycles. The van der Waals surface area contributed by atoms with Gasteiger partial charge in [-0.1, -0.05) is 36.4 Å². The average molecular weight is 242 g/mol. The molecule has 0 saturated heterocycles. The monoisotopic (exact) mass is 242 g/mol. The predicted molar refractivity (Wildman–Crippen MR) is 78.6 cm³/mol. The van der Waals surface area contributed by atoms with Crippen molar-refractivity contribution in [1.82, 2.24) is 4.90 Å². The van der Waals surface area contributed by atoms with E-state index in [9.17, 15) is 0 Å². The van der Waals surface area contributed by atoms with Gasteiger partial charge in [0.1, 0.15) is 0 Å². The maximum atomic E-state index is 5.95. The van der Waals surface area contributed by atoms with E-state index in [1.807, 2.05) is 0 Å². The summed E-state index contributed by atoms with van der Waals surface area (Å²) in [5.41, 5.74) is 7.24. The van der Waals surface area contributed by atoms with Gasteiger partial charge in [-0.15, -0.1) is 0 Å². The summed E-state index contributed by atoms with van der Waals surface area (Å²) in [7, 11) is 2.14. The van der Waals surface area contributed by atoms with Crippen LogP contribution in [0, 0.1) is 0 Å². The van der Waals surface area contributed by atoms with Crippen LogP contribution >= 0.6 is 0 Å². The zero-order valence-electron chi connectivity index (χ0n) is 11.4. The van der Waals surface area contributed by atoms with Gasteiger partial charge in [0.05, 0.1) is 0 Å². The number of nitrogens with two attached hydrogens (primary N) is 1. The van der Waals surface area contributed by atoms with E-state index in [-0.39, 0.29) is 6.04 Å². The number of nitrogens with zero attached hydrogens (tertiary/aromatic N) is 1. The van der Waals surface area contributed by atoms with Crippen LogP contribution in [0.3, 0.4) is 0 Å². The molecule has 0 aliphatic heterocycles. The molecule has 18 heavy (non-hydrogen) atoms. The molecule has 2 aromatic rings. The molecule has 0 amide bonds. The highest BCUT2D eigenvalue weighted by molar-refractivity contribution is 5.83. The van der Waals surface area contributed by atoms with Crippen molar-refractivity contribution in [3.05, 3.63) is 48.0 Å². The fourth-order valence-corrected chi connectivity index (χ4v) is 2.31. The highest BCUT2D eigenvalue weighted by Gasteiger charge is 2.17. The Balaban J connectivity index is 2.39. The third-order valence-electron chi connectivity index (χ3n) is 3.69. The first-order valence-corrected chi connectivity index (χ1v) is 6.54. The number of fused-ring (bicyclic) bond motifs is 1. The predicted octanol–water partition coefficient (Wildman–Crippen LogP) is 3.18. The van der Waals surface area contributed by atoms with Gasteiger partial charge in [0.15, 0.2) is 0 Å². The van der Waals surface area contributed by atoms with E-state index >= 15 is 0 Å². The Morgan fingerprint density at radius 1 is 1.06 bits per heavy atom. The van der Waals surface area contributed by atoms with E-state index in [4.69, 9.17) is 5.73 Å². The van der Waals surface area contributed by atoms with Crippen LogP contribution in [-0.4, -0.2) is 24.5 Å². The molecule has 2 N–H and O–H groups in total. The molecule has 0 spiro atoms. The van der Waals surface area contributed by atoms with Gasteiger partial charge in [0.25, 0.3) is 0 Å². The lowest BCUT2D eigenvalue weighted by Gasteiger charge is -2.31. The van der Waals surface area contributed by atoms with Crippen molar-refractivity contribution < 1.29 is 0 Å². The number of hydrogen-bond donors (Lipinski definition) is 1. The van der Waals surface area contributed by atoms with Gasteiger partial charge in [0, 0.05) is 18.6 Å². The molecule has 2 nitrogen and oxygen atoms in total. The van der Waals surface area contributed by atoms with E-state index in [1.54, 1.807) is 0 Å². The zero-order chi connectivity index (χ0) is 13.1. The molecule has 0 aromatic heterocycles. The van der Waals surface area contributed by atoms with Crippen LogP contribution in [0.5, 0.6) is 0 Å². The van der Waals surface area contributed by atoms with Crippen molar-refractivity contribution in [1.29, 1.82) is 0 Å². The number of hydrogen-bond acceptors (Lipinski definition) is 2. The molecule has 2 rings (SSSR count). The maximum Gasteiger partial charge on any atom is 0.0470 e. The first-order valence-electron chi connectivity index (χ1n) is 6.54. The Kier molecular flexibility index (Phi) is 4.00. The molecule has 0 radical (unpaired) electrons. The van der Waals surface area contributed by atoms with E-state index in [0.29, 0.717) is 12.6 Å². The second-order valence-electron chi connectivity index (χ2n) is 5.12. The van der Waals surface area contributed by atoms with Gasteiger partial charge >= 0.3 is 0 Å². The third-order valence-corrected chi connectivity index (χ3v) is 3.69. The minimum atomic E-state index is 0.287. The molecule has 0 heterocycles. The second-order valence-corrected chi connectivity index (χ2v) is 5.12. The first-order chi connectivity index (χ1) is 8.63. The van der Waals surface area contributed by atoms with Crippen molar-refractivity contribution in [2.75, 3.05) is 13.6 Å². The molecule has 2 aromatic carbocycles. The summed E-state index contributed by atoms with van der Waals surface area (Å²) in [5, 5.41) is 2.56. The van der Waals surface area contributed by atoms with E-state index < -0.39 is 0 Å². The lowest BCUT2D eigenvalue weighted by Crippen LogP contribution is -2.35. The summed E-state index contributed by atoms with van der Waals surface area (Å²) in [6.45, 7) is 5.04. The topological polar surface area (TPSA) is 29.3 Å². The van der Waals surface area contributed by atoms with Crippen molar-refractivity contribution in [3.8, 4) is 0 Å². The fraction of sp³-hybridized carbons (Fsp3) is 0.375. The quantitative estimate of drug-likeness (QED) is 0.892. The molecule has 0 aliphatic rings. The highest BCUT2D eigenvalue weighted by atomic mass is 15.2. The lowest BCUT2D eigenvalue weighted by atomic mass is 10.0. The summed E-state index contributed by atoms with van der Waals surface area (Å²) >= 11 is 0. The van der Waals surface area contributed by atoms with Crippen molar-refractivity contribution in [2.45, 2.75) is 25.9 Å². The standard InChI is InChI=1S/C16H22N2/c1-12(2)18(3)16(11-17)15-9-8-13-6-4-5-7-14(13)10-15/h4-10,12,16H,11,17H2,1-3H3. The largest absolute Gasteiger partial charge is 0.329 e. The number of rotatable bonds is 4. The van der Waals surface area contributed by atoms with E-state index in [1.165, 1.54) is 16.3 Å². The summed E-state index contributed by atoms with van der Waals surface area (Å²) < 4.78 is 0. The van der Waals surface area contributed by atoms with Crippen LogP contribution in [0.1, 0.15) is 25.5 Å². The van der Waals surface area contributed by atoms with Crippen LogP contribution in [0.4, 0.5) is 0 Å². The molecule has 0 bridgehead atoms. The second kappa shape index (κ2) is 5.51. The zero-order valence-corrected chi connectivity index (χ0v) is 11.4. The Morgan fingerprint density at radius 2 is 1.72 bits per heavy atom. The van der Waals surface area contributed by atoms with Gasteiger partial charge in [-0.05, 0) is 43.3 Å². The van der Waals surface area contributed by atoms with Gasteiger partial charge in [-0.25, -0.2) is 0 Å².